The maximum absolute atomic E-state index is 13.7. The summed E-state index contributed by atoms with van der Waals surface area (Å²) in [5, 5.41) is 0.687. The van der Waals surface area contributed by atoms with Crippen molar-refractivity contribution in [1.29, 1.82) is 0 Å². The highest BCUT2D eigenvalue weighted by molar-refractivity contribution is 6.31. The van der Waals surface area contributed by atoms with Crippen LogP contribution in [-0.4, -0.2) is 5.67 Å². The molecule has 1 aromatic rings. The summed E-state index contributed by atoms with van der Waals surface area (Å²) in [6.07, 6.45) is 2.88. The molecule has 1 saturated carbocycles. The highest BCUT2D eigenvalue weighted by Gasteiger charge is 2.37. The second kappa shape index (κ2) is 3.30. The first-order chi connectivity index (χ1) is 6.20. The van der Waals surface area contributed by atoms with E-state index in [0.717, 1.165) is 12.0 Å². The van der Waals surface area contributed by atoms with Gasteiger partial charge in [-0.3, -0.25) is 0 Å². The second-order valence-electron chi connectivity index (χ2n) is 3.77. The van der Waals surface area contributed by atoms with Gasteiger partial charge < -0.3 is 0 Å². The van der Waals surface area contributed by atoms with Crippen molar-refractivity contribution >= 4 is 11.6 Å². The molecule has 0 aliphatic heterocycles. The summed E-state index contributed by atoms with van der Waals surface area (Å²) >= 11 is 5.94. The Morgan fingerprint density at radius 1 is 1.31 bits per heavy atom. The van der Waals surface area contributed by atoms with E-state index in [4.69, 9.17) is 11.6 Å². The lowest BCUT2D eigenvalue weighted by Gasteiger charge is -2.34. The maximum Gasteiger partial charge on any atom is 0.115 e. The van der Waals surface area contributed by atoms with Crippen LogP contribution in [0.4, 0.5) is 4.39 Å². The van der Waals surface area contributed by atoms with Crippen molar-refractivity contribution in [1.82, 2.24) is 0 Å². The standard InChI is InChI=1S/C11H12ClF/c12-10-5-2-1-4-9(10)8-11(13)6-3-7-11/h1-2,4-5H,3,6-8H2. The van der Waals surface area contributed by atoms with E-state index in [1.54, 1.807) is 0 Å². The molecule has 0 nitrogen and oxygen atoms in total. The van der Waals surface area contributed by atoms with Gasteiger partial charge >= 0.3 is 0 Å². The lowest BCUT2D eigenvalue weighted by Crippen LogP contribution is -2.34. The zero-order valence-corrected chi connectivity index (χ0v) is 8.15. The molecule has 0 amide bonds. The van der Waals surface area contributed by atoms with Crippen molar-refractivity contribution in [2.45, 2.75) is 31.4 Å². The normalized spacial score (nSPS) is 19.5. The Labute approximate surface area is 82.7 Å². The maximum atomic E-state index is 13.7. The average molecular weight is 199 g/mol. The minimum absolute atomic E-state index is 0.479. The highest BCUT2D eigenvalue weighted by atomic mass is 35.5. The fourth-order valence-corrected chi connectivity index (χ4v) is 1.92. The first kappa shape index (κ1) is 9.01. The molecule has 0 spiro atoms. The molecule has 2 rings (SSSR count). The molecule has 0 unspecified atom stereocenters. The molecule has 1 aliphatic rings. The zero-order valence-electron chi connectivity index (χ0n) is 7.39. The number of hydrogen-bond donors (Lipinski definition) is 0. The first-order valence-corrected chi connectivity index (χ1v) is 5.00. The zero-order chi connectivity index (χ0) is 9.31. The van der Waals surface area contributed by atoms with E-state index in [1.807, 2.05) is 24.3 Å². The van der Waals surface area contributed by atoms with Gasteiger partial charge in [0.15, 0.2) is 0 Å². The summed E-state index contributed by atoms with van der Waals surface area (Å²) in [6, 6.07) is 7.50. The monoisotopic (exact) mass is 198 g/mol. The predicted octanol–water partition coefficient (Wildman–Crippen LogP) is 3.77. The summed E-state index contributed by atoms with van der Waals surface area (Å²) in [7, 11) is 0. The quantitative estimate of drug-likeness (QED) is 0.679. The Morgan fingerprint density at radius 2 is 2.00 bits per heavy atom. The van der Waals surface area contributed by atoms with Crippen molar-refractivity contribution in [2.24, 2.45) is 0 Å². The van der Waals surface area contributed by atoms with E-state index < -0.39 is 5.67 Å². The molecular weight excluding hydrogens is 187 g/mol. The topological polar surface area (TPSA) is 0 Å². The third kappa shape index (κ3) is 1.86. The fraction of sp³-hybridized carbons (Fsp3) is 0.455. The van der Waals surface area contributed by atoms with Crippen LogP contribution < -0.4 is 0 Å². The van der Waals surface area contributed by atoms with Crippen LogP contribution in [0.3, 0.4) is 0 Å². The van der Waals surface area contributed by atoms with Gasteiger partial charge in [0, 0.05) is 11.4 Å². The minimum atomic E-state index is -0.967. The summed E-state index contributed by atoms with van der Waals surface area (Å²) in [5.74, 6) is 0. The van der Waals surface area contributed by atoms with Gasteiger partial charge in [-0.15, -0.1) is 0 Å². The van der Waals surface area contributed by atoms with E-state index in [2.05, 4.69) is 0 Å². The van der Waals surface area contributed by atoms with E-state index in [0.29, 0.717) is 24.3 Å². The summed E-state index contributed by atoms with van der Waals surface area (Å²) in [4.78, 5) is 0. The van der Waals surface area contributed by atoms with E-state index in [-0.39, 0.29) is 0 Å². The number of halogens is 2. The van der Waals surface area contributed by atoms with Gasteiger partial charge in [0.2, 0.25) is 0 Å². The smallest absolute Gasteiger partial charge is 0.115 e. The molecule has 0 N–H and O–H groups in total. The van der Waals surface area contributed by atoms with Gasteiger partial charge in [-0.05, 0) is 30.9 Å². The van der Waals surface area contributed by atoms with Crippen molar-refractivity contribution in [3.63, 3.8) is 0 Å². The Kier molecular flexibility index (Phi) is 2.29. The molecule has 0 atom stereocenters. The van der Waals surface area contributed by atoms with Crippen LogP contribution in [0, 0.1) is 0 Å². The highest BCUT2D eigenvalue weighted by Crippen LogP contribution is 2.39. The van der Waals surface area contributed by atoms with Crippen molar-refractivity contribution in [2.75, 3.05) is 0 Å². The Bertz CT molecular complexity index is 305. The number of benzene rings is 1. The molecular formula is C11H12ClF. The molecule has 0 bridgehead atoms. The van der Waals surface area contributed by atoms with Crippen LogP contribution in [0.5, 0.6) is 0 Å². The third-order valence-corrected chi connectivity index (χ3v) is 3.08. The number of alkyl halides is 1. The lowest BCUT2D eigenvalue weighted by atomic mass is 9.78. The molecule has 1 fully saturated rings. The van der Waals surface area contributed by atoms with Gasteiger partial charge in [0.05, 0.1) is 0 Å². The molecule has 0 radical (unpaired) electrons. The Morgan fingerprint density at radius 3 is 2.54 bits per heavy atom. The Hall–Kier alpha value is -0.560. The fourth-order valence-electron chi connectivity index (χ4n) is 1.72. The van der Waals surface area contributed by atoms with E-state index in [1.165, 1.54) is 0 Å². The predicted molar refractivity (Wildman–Crippen MR) is 52.8 cm³/mol. The molecule has 70 valence electrons. The van der Waals surface area contributed by atoms with Crippen LogP contribution in [0.1, 0.15) is 24.8 Å². The second-order valence-corrected chi connectivity index (χ2v) is 4.18. The van der Waals surface area contributed by atoms with Crippen molar-refractivity contribution in [3.8, 4) is 0 Å². The summed E-state index contributed by atoms with van der Waals surface area (Å²) in [6.45, 7) is 0. The molecule has 0 saturated heterocycles. The van der Waals surface area contributed by atoms with Gasteiger partial charge in [-0.1, -0.05) is 29.8 Å². The summed E-state index contributed by atoms with van der Waals surface area (Å²) < 4.78 is 13.7. The third-order valence-electron chi connectivity index (χ3n) is 2.71. The Balaban J connectivity index is 2.13. The number of rotatable bonds is 2. The van der Waals surface area contributed by atoms with Crippen LogP contribution in [-0.2, 0) is 6.42 Å². The van der Waals surface area contributed by atoms with Gasteiger partial charge in [-0.2, -0.15) is 0 Å². The van der Waals surface area contributed by atoms with E-state index in [9.17, 15) is 4.39 Å². The lowest BCUT2D eigenvalue weighted by molar-refractivity contribution is 0.0642. The molecule has 13 heavy (non-hydrogen) atoms. The first-order valence-electron chi connectivity index (χ1n) is 4.62. The van der Waals surface area contributed by atoms with E-state index >= 15 is 0 Å². The van der Waals surface area contributed by atoms with Crippen LogP contribution in [0.15, 0.2) is 24.3 Å². The van der Waals surface area contributed by atoms with Crippen molar-refractivity contribution < 1.29 is 4.39 Å². The average Bonchev–Trinajstić information content (AvgIpc) is 2.06. The van der Waals surface area contributed by atoms with Gasteiger partial charge in [-0.25, -0.2) is 4.39 Å². The SMILES string of the molecule is FC1(Cc2ccccc2Cl)CCC1. The molecule has 1 aromatic carbocycles. The number of hydrogen-bond acceptors (Lipinski definition) is 0. The summed E-state index contributed by atoms with van der Waals surface area (Å²) in [5.41, 5.74) is -0.0308. The van der Waals surface area contributed by atoms with Crippen LogP contribution >= 0.6 is 11.6 Å². The molecule has 0 heterocycles. The van der Waals surface area contributed by atoms with Crippen molar-refractivity contribution in [3.05, 3.63) is 34.9 Å². The van der Waals surface area contributed by atoms with Gasteiger partial charge in [0.1, 0.15) is 5.67 Å². The van der Waals surface area contributed by atoms with Crippen LogP contribution in [0.25, 0.3) is 0 Å². The molecule has 0 aromatic heterocycles. The minimum Gasteiger partial charge on any atom is -0.244 e. The van der Waals surface area contributed by atoms with Gasteiger partial charge in [0.25, 0.3) is 0 Å². The van der Waals surface area contributed by atoms with Crippen LogP contribution in [0.2, 0.25) is 5.02 Å². The molecule has 1 aliphatic carbocycles. The largest absolute Gasteiger partial charge is 0.244 e. The molecule has 2 heteroatoms.